The Hall–Kier alpha value is -1.26. The average Bonchev–Trinajstić information content (AvgIpc) is 3.15. The maximum Gasteiger partial charge on any atom is 0.0986 e. The van der Waals surface area contributed by atoms with Crippen molar-refractivity contribution in [1.82, 2.24) is 15.1 Å². The van der Waals surface area contributed by atoms with Crippen LogP contribution in [-0.2, 0) is 13.6 Å². The van der Waals surface area contributed by atoms with Gasteiger partial charge in [0, 0.05) is 24.5 Å². The van der Waals surface area contributed by atoms with Crippen molar-refractivity contribution in [1.29, 1.82) is 0 Å². The van der Waals surface area contributed by atoms with Crippen LogP contribution in [0.15, 0.2) is 34.2 Å². The van der Waals surface area contributed by atoms with Crippen molar-refractivity contribution in [3.63, 3.8) is 0 Å². The van der Waals surface area contributed by atoms with Gasteiger partial charge in [0.1, 0.15) is 0 Å². The van der Waals surface area contributed by atoms with Crippen molar-refractivity contribution in [3.8, 4) is 0 Å². The fourth-order valence-electron chi connectivity index (χ4n) is 2.28. The van der Waals surface area contributed by atoms with Gasteiger partial charge in [0.2, 0.25) is 0 Å². The number of hydrogen-bond donors (Lipinski definition) is 1. The summed E-state index contributed by atoms with van der Waals surface area (Å²) in [6.07, 6.45) is 2.68. The summed E-state index contributed by atoms with van der Waals surface area (Å²) in [5.41, 5.74) is 3.83. The molecule has 3 rings (SSSR count). The summed E-state index contributed by atoms with van der Waals surface area (Å²) in [4.78, 5) is 1.28. The summed E-state index contributed by atoms with van der Waals surface area (Å²) in [5, 5.41) is 9.15. The van der Waals surface area contributed by atoms with E-state index in [0.717, 1.165) is 18.3 Å². The Morgan fingerprint density at radius 2 is 2.10 bits per heavy atom. The molecule has 0 bridgehead atoms. The van der Waals surface area contributed by atoms with Crippen LogP contribution in [0.5, 0.6) is 0 Å². The topological polar surface area (TPSA) is 29.9 Å². The minimum absolute atomic E-state index is 0.765. The molecule has 20 heavy (non-hydrogen) atoms. The number of benzene rings is 1. The SMILES string of the molecule is Cc1cc(Sc2ccc(CNC3CC3)c(C)c2)n(C)n1. The quantitative estimate of drug-likeness (QED) is 0.913. The standard InChI is InChI=1S/C16H21N3S/c1-11-8-15(20-16-9-12(2)18-19(16)3)7-4-13(11)10-17-14-5-6-14/h4,7-9,14,17H,5-6,10H2,1-3H3. The molecule has 1 aromatic heterocycles. The monoisotopic (exact) mass is 287 g/mol. The summed E-state index contributed by atoms with van der Waals surface area (Å²) in [6, 6.07) is 9.63. The van der Waals surface area contributed by atoms with Crippen LogP contribution in [0.1, 0.15) is 29.7 Å². The van der Waals surface area contributed by atoms with Crippen LogP contribution in [-0.4, -0.2) is 15.8 Å². The second kappa shape index (κ2) is 5.62. The number of aromatic nitrogens is 2. The Balaban J connectivity index is 1.70. The largest absolute Gasteiger partial charge is 0.310 e. The van der Waals surface area contributed by atoms with E-state index in [0.29, 0.717) is 0 Å². The predicted molar refractivity (Wildman–Crippen MR) is 83.1 cm³/mol. The fraction of sp³-hybridized carbons (Fsp3) is 0.438. The molecule has 2 aromatic rings. The molecule has 1 heterocycles. The van der Waals surface area contributed by atoms with Crippen molar-refractivity contribution in [2.45, 2.75) is 49.2 Å². The van der Waals surface area contributed by atoms with Gasteiger partial charge in [-0.1, -0.05) is 17.8 Å². The molecule has 3 nitrogen and oxygen atoms in total. The highest BCUT2D eigenvalue weighted by Crippen LogP contribution is 2.29. The lowest BCUT2D eigenvalue weighted by Gasteiger charge is -2.09. The second-order valence-electron chi connectivity index (χ2n) is 5.59. The first-order valence-corrected chi connectivity index (χ1v) is 7.95. The second-order valence-corrected chi connectivity index (χ2v) is 6.69. The zero-order chi connectivity index (χ0) is 14.1. The van der Waals surface area contributed by atoms with Crippen molar-refractivity contribution in [2.75, 3.05) is 0 Å². The van der Waals surface area contributed by atoms with Crippen LogP contribution >= 0.6 is 11.8 Å². The van der Waals surface area contributed by atoms with Gasteiger partial charge in [-0.2, -0.15) is 5.10 Å². The van der Waals surface area contributed by atoms with Gasteiger partial charge in [0.25, 0.3) is 0 Å². The van der Waals surface area contributed by atoms with Gasteiger partial charge < -0.3 is 5.32 Å². The molecule has 1 N–H and O–H groups in total. The molecule has 0 atom stereocenters. The van der Waals surface area contributed by atoms with E-state index in [4.69, 9.17) is 0 Å². The van der Waals surface area contributed by atoms with E-state index in [2.05, 4.69) is 41.6 Å². The Morgan fingerprint density at radius 3 is 2.70 bits per heavy atom. The van der Waals surface area contributed by atoms with E-state index in [1.54, 1.807) is 11.8 Å². The lowest BCUT2D eigenvalue weighted by molar-refractivity contribution is 0.684. The fourth-order valence-corrected chi connectivity index (χ4v) is 3.29. The molecule has 1 aromatic carbocycles. The van der Waals surface area contributed by atoms with Crippen LogP contribution in [0.4, 0.5) is 0 Å². The summed E-state index contributed by atoms with van der Waals surface area (Å²) in [5.74, 6) is 0. The number of rotatable bonds is 5. The minimum atomic E-state index is 0.765. The smallest absolute Gasteiger partial charge is 0.0986 e. The van der Waals surface area contributed by atoms with Crippen LogP contribution in [0, 0.1) is 13.8 Å². The minimum Gasteiger partial charge on any atom is -0.310 e. The van der Waals surface area contributed by atoms with Gasteiger partial charge in [-0.15, -0.1) is 0 Å². The first-order chi connectivity index (χ1) is 9.61. The average molecular weight is 287 g/mol. The molecule has 0 spiro atoms. The Kier molecular flexibility index (Phi) is 3.85. The van der Waals surface area contributed by atoms with Gasteiger partial charge in [-0.25, -0.2) is 0 Å². The van der Waals surface area contributed by atoms with E-state index in [1.165, 1.54) is 33.9 Å². The van der Waals surface area contributed by atoms with E-state index < -0.39 is 0 Å². The molecule has 0 radical (unpaired) electrons. The van der Waals surface area contributed by atoms with Crippen molar-refractivity contribution >= 4 is 11.8 Å². The highest BCUT2D eigenvalue weighted by Gasteiger charge is 2.20. The molecule has 0 unspecified atom stereocenters. The molecule has 0 amide bonds. The number of nitrogens with one attached hydrogen (secondary N) is 1. The predicted octanol–water partition coefficient (Wildman–Crippen LogP) is 3.44. The molecule has 1 aliphatic carbocycles. The molecule has 0 aliphatic heterocycles. The van der Waals surface area contributed by atoms with Gasteiger partial charge in [-0.3, -0.25) is 4.68 Å². The van der Waals surface area contributed by atoms with Gasteiger partial charge >= 0.3 is 0 Å². The third kappa shape index (κ3) is 3.25. The normalized spacial score (nSPS) is 14.8. The maximum atomic E-state index is 4.39. The molecular weight excluding hydrogens is 266 g/mol. The Morgan fingerprint density at radius 1 is 1.30 bits per heavy atom. The van der Waals surface area contributed by atoms with Gasteiger partial charge in [0.15, 0.2) is 0 Å². The zero-order valence-corrected chi connectivity index (χ0v) is 13.1. The Bertz CT molecular complexity index is 614. The van der Waals surface area contributed by atoms with Crippen molar-refractivity contribution in [3.05, 3.63) is 41.1 Å². The van der Waals surface area contributed by atoms with Gasteiger partial charge in [-0.05, 0) is 56.0 Å². The zero-order valence-electron chi connectivity index (χ0n) is 12.3. The molecule has 1 saturated carbocycles. The lowest BCUT2D eigenvalue weighted by Crippen LogP contribution is -2.15. The van der Waals surface area contributed by atoms with Crippen LogP contribution < -0.4 is 5.32 Å². The maximum absolute atomic E-state index is 4.39. The summed E-state index contributed by atoms with van der Waals surface area (Å²) >= 11 is 1.77. The Labute approximate surface area is 124 Å². The molecule has 1 fully saturated rings. The number of aryl methyl sites for hydroxylation is 3. The molecule has 106 valence electrons. The first-order valence-electron chi connectivity index (χ1n) is 7.13. The first kappa shape index (κ1) is 13.7. The van der Waals surface area contributed by atoms with E-state index in [9.17, 15) is 0 Å². The number of nitrogens with zero attached hydrogens (tertiary/aromatic N) is 2. The van der Waals surface area contributed by atoms with Crippen molar-refractivity contribution < 1.29 is 0 Å². The van der Waals surface area contributed by atoms with Crippen LogP contribution in [0.2, 0.25) is 0 Å². The number of hydrogen-bond acceptors (Lipinski definition) is 3. The highest BCUT2D eigenvalue weighted by molar-refractivity contribution is 7.99. The lowest BCUT2D eigenvalue weighted by atomic mass is 10.1. The third-order valence-electron chi connectivity index (χ3n) is 3.65. The van der Waals surface area contributed by atoms with Crippen molar-refractivity contribution in [2.24, 2.45) is 7.05 Å². The van der Waals surface area contributed by atoms with E-state index >= 15 is 0 Å². The van der Waals surface area contributed by atoms with Gasteiger partial charge in [0.05, 0.1) is 10.7 Å². The van der Waals surface area contributed by atoms with Crippen LogP contribution in [0.25, 0.3) is 0 Å². The van der Waals surface area contributed by atoms with Crippen LogP contribution in [0.3, 0.4) is 0 Å². The third-order valence-corrected chi connectivity index (χ3v) is 4.73. The summed E-state index contributed by atoms with van der Waals surface area (Å²) in [7, 11) is 2.00. The van der Waals surface area contributed by atoms with E-state index in [-0.39, 0.29) is 0 Å². The molecular formula is C16H21N3S. The molecule has 4 heteroatoms. The van der Waals surface area contributed by atoms with E-state index in [1.807, 2.05) is 18.7 Å². The molecule has 1 aliphatic rings. The summed E-state index contributed by atoms with van der Waals surface area (Å²) < 4.78 is 1.94. The molecule has 0 saturated heterocycles. The summed E-state index contributed by atoms with van der Waals surface area (Å²) in [6.45, 7) is 5.22. The highest BCUT2D eigenvalue weighted by atomic mass is 32.2.